The highest BCUT2D eigenvalue weighted by molar-refractivity contribution is 5.21. The van der Waals surface area contributed by atoms with Crippen LogP contribution < -0.4 is 11.1 Å². The number of fused-ring (bicyclic) bond motifs is 1. The standard InChI is InChI=1S/C15H28N2O2/c1-14(2)13-12(6-9-19-13)15(14,16)10-17-7-5-11-4-3-8-18-11/h11-13,17H,3-10,16H2,1-2H3. The predicted molar refractivity (Wildman–Crippen MR) is 75.0 cm³/mol. The molecule has 1 aliphatic carbocycles. The monoisotopic (exact) mass is 268 g/mol. The van der Waals surface area contributed by atoms with Crippen molar-refractivity contribution in [2.24, 2.45) is 17.1 Å². The molecular weight excluding hydrogens is 240 g/mol. The summed E-state index contributed by atoms with van der Waals surface area (Å²) in [6, 6.07) is 0. The van der Waals surface area contributed by atoms with Crippen molar-refractivity contribution in [2.45, 2.75) is 57.3 Å². The highest BCUT2D eigenvalue weighted by Crippen LogP contribution is 2.57. The smallest absolute Gasteiger partial charge is 0.0691 e. The summed E-state index contributed by atoms with van der Waals surface area (Å²) in [6.45, 7) is 8.24. The van der Waals surface area contributed by atoms with Gasteiger partial charge in [0.05, 0.1) is 12.2 Å². The molecule has 110 valence electrons. The van der Waals surface area contributed by atoms with Crippen molar-refractivity contribution in [1.29, 1.82) is 0 Å². The molecule has 4 unspecified atom stereocenters. The molecule has 4 nitrogen and oxygen atoms in total. The number of hydrogen-bond donors (Lipinski definition) is 2. The third kappa shape index (κ3) is 2.13. The SMILES string of the molecule is CC1(C)C2OCCC2C1(N)CNCCC1CCCO1. The van der Waals surface area contributed by atoms with Gasteiger partial charge in [-0.25, -0.2) is 0 Å². The van der Waals surface area contributed by atoms with Crippen LogP contribution in [0.1, 0.15) is 39.5 Å². The van der Waals surface area contributed by atoms with Gasteiger partial charge in [-0.3, -0.25) is 0 Å². The minimum atomic E-state index is -0.106. The number of rotatable bonds is 5. The number of hydrogen-bond acceptors (Lipinski definition) is 4. The fraction of sp³-hybridized carbons (Fsp3) is 1.00. The van der Waals surface area contributed by atoms with E-state index in [0.29, 0.717) is 18.1 Å². The Morgan fingerprint density at radius 1 is 1.21 bits per heavy atom. The van der Waals surface area contributed by atoms with Gasteiger partial charge in [-0.15, -0.1) is 0 Å². The molecular formula is C15H28N2O2. The second kappa shape index (κ2) is 4.99. The average Bonchev–Trinajstić information content (AvgIpc) is 3.04. The van der Waals surface area contributed by atoms with Crippen LogP contribution in [0.4, 0.5) is 0 Å². The summed E-state index contributed by atoms with van der Waals surface area (Å²) < 4.78 is 11.5. The van der Waals surface area contributed by atoms with E-state index < -0.39 is 0 Å². The van der Waals surface area contributed by atoms with E-state index in [1.807, 2.05) is 0 Å². The molecule has 2 aliphatic heterocycles. The molecule has 3 rings (SSSR count). The zero-order valence-corrected chi connectivity index (χ0v) is 12.3. The van der Waals surface area contributed by atoms with Gasteiger partial charge in [-0.05, 0) is 32.2 Å². The molecule has 0 aromatic heterocycles. The van der Waals surface area contributed by atoms with E-state index in [1.54, 1.807) is 0 Å². The van der Waals surface area contributed by atoms with Gasteiger partial charge >= 0.3 is 0 Å². The molecule has 2 saturated heterocycles. The van der Waals surface area contributed by atoms with Crippen LogP contribution in [0.15, 0.2) is 0 Å². The van der Waals surface area contributed by atoms with Crippen molar-refractivity contribution in [3.63, 3.8) is 0 Å². The van der Waals surface area contributed by atoms with Crippen LogP contribution in [-0.2, 0) is 9.47 Å². The first kappa shape index (κ1) is 13.8. The van der Waals surface area contributed by atoms with Crippen molar-refractivity contribution >= 4 is 0 Å². The summed E-state index contributed by atoms with van der Waals surface area (Å²) >= 11 is 0. The Hall–Kier alpha value is -0.160. The summed E-state index contributed by atoms with van der Waals surface area (Å²) in [5.41, 5.74) is 6.67. The topological polar surface area (TPSA) is 56.5 Å². The molecule has 4 atom stereocenters. The molecule has 0 aromatic carbocycles. The molecule has 0 aromatic rings. The maximum absolute atomic E-state index is 6.69. The van der Waals surface area contributed by atoms with Crippen molar-refractivity contribution in [3.05, 3.63) is 0 Å². The maximum atomic E-state index is 6.69. The third-order valence-electron chi connectivity index (χ3n) is 5.75. The van der Waals surface area contributed by atoms with Crippen LogP contribution in [-0.4, -0.2) is 44.1 Å². The molecule has 0 bridgehead atoms. The van der Waals surface area contributed by atoms with Crippen LogP contribution in [0.25, 0.3) is 0 Å². The molecule has 0 spiro atoms. The third-order valence-corrected chi connectivity index (χ3v) is 5.75. The van der Waals surface area contributed by atoms with Crippen LogP contribution in [0.2, 0.25) is 0 Å². The lowest BCUT2D eigenvalue weighted by Gasteiger charge is -2.62. The van der Waals surface area contributed by atoms with Crippen molar-refractivity contribution in [1.82, 2.24) is 5.32 Å². The first-order valence-electron chi connectivity index (χ1n) is 7.78. The quantitative estimate of drug-likeness (QED) is 0.738. The van der Waals surface area contributed by atoms with E-state index in [9.17, 15) is 0 Å². The minimum Gasteiger partial charge on any atom is -0.378 e. The van der Waals surface area contributed by atoms with E-state index in [4.69, 9.17) is 15.2 Å². The van der Waals surface area contributed by atoms with Gasteiger partial charge in [-0.1, -0.05) is 13.8 Å². The lowest BCUT2D eigenvalue weighted by molar-refractivity contribution is -0.153. The Bertz CT molecular complexity index is 328. The highest BCUT2D eigenvalue weighted by atomic mass is 16.5. The Morgan fingerprint density at radius 2 is 2.05 bits per heavy atom. The molecule has 3 aliphatic rings. The summed E-state index contributed by atoms with van der Waals surface area (Å²) in [7, 11) is 0. The van der Waals surface area contributed by atoms with Gasteiger partial charge in [0.2, 0.25) is 0 Å². The van der Waals surface area contributed by atoms with Gasteiger partial charge in [0.25, 0.3) is 0 Å². The lowest BCUT2D eigenvalue weighted by atomic mass is 9.48. The van der Waals surface area contributed by atoms with Crippen LogP contribution >= 0.6 is 0 Å². The predicted octanol–water partition coefficient (Wildman–Crippen LogP) is 1.29. The van der Waals surface area contributed by atoms with Crippen molar-refractivity contribution in [2.75, 3.05) is 26.3 Å². The first-order chi connectivity index (χ1) is 9.06. The largest absolute Gasteiger partial charge is 0.378 e. The van der Waals surface area contributed by atoms with Crippen molar-refractivity contribution in [3.8, 4) is 0 Å². The molecule has 2 heterocycles. The molecule has 4 heteroatoms. The Morgan fingerprint density at radius 3 is 2.79 bits per heavy atom. The molecule has 19 heavy (non-hydrogen) atoms. The normalized spacial score (nSPS) is 44.1. The van der Waals surface area contributed by atoms with Gasteiger partial charge in [-0.2, -0.15) is 0 Å². The van der Waals surface area contributed by atoms with E-state index in [0.717, 1.165) is 39.1 Å². The Balaban J connectivity index is 1.46. The van der Waals surface area contributed by atoms with Crippen LogP contribution in [0, 0.1) is 11.3 Å². The zero-order valence-electron chi connectivity index (χ0n) is 12.3. The maximum Gasteiger partial charge on any atom is 0.0691 e. The summed E-state index contributed by atoms with van der Waals surface area (Å²) in [5, 5.41) is 3.56. The van der Waals surface area contributed by atoms with Gasteiger partial charge < -0.3 is 20.5 Å². The van der Waals surface area contributed by atoms with E-state index in [-0.39, 0.29) is 11.0 Å². The molecule has 0 radical (unpaired) electrons. The minimum absolute atomic E-state index is 0.0883. The van der Waals surface area contributed by atoms with Gasteiger partial charge in [0.15, 0.2) is 0 Å². The number of ether oxygens (including phenoxy) is 2. The lowest BCUT2D eigenvalue weighted by Crippen LogP contribution is -2.78. The van der Waals surface area contributed by atoms with Crippen LogP contribution in [0.3, 0.4) is 0 Å². The zero-order chi connectivity index (χ0) is 13.5. The molecule has 0 amide bonds. The first-order valence-corrected chi connectivity index (χ1v) is 7.78. The summed E-state index contributed by atoms with van der Waals surface area (Å²) in [4.78, 5) is 0. The van der Waals surface area contributed by atoms with Gasteiger partial charge in [0.1, 0.15) is 0 Å². The fourth-order valence-electron chi connectivity index (χ4n) is 4.26. The van der Waals surface area contributed by atoms with E-state index >= 15 is 0 Å². The molecule has 1 saturated carbocycles. The highest BCUT2D eigenvalue weighted by Gasteiger charge is 2.67. The second-order valence-electron chi connectivity index (χ2n) is 7.05. The van der Waals surface area contributed by atoms with Crippen molar-refractivity contribution < 1.29 is 9.47 Å². The molecule has 3 N–H and O–H groups in total. The van der Waals surface area contributed by atoms with Gasteiger partial charge in [0, 0.05) is 36.6 Å². The number of nitrogens with two attached hydrogens (primary N) is 1. The number of nitrogens with one attached hydrogen (secondary N) is 1. The van der Waals surface area contributed by atoms with Crippen LogP contribution in [0.5, 0.6) is 0 Å². The Kier molecular flexibility index (Phi) is 3.63. The summed E-state index contributed by atoms with van der Waals surface area (Å²) in [5.74, 6) is 0.540. The van der Waals surface area contributed by atoms with E-state index in [1.165, 1.54) is 12.8 Å². The molecule has 3 fully saturated rings. The second-order valence-corrected chi connectivity index (χ2v) is 7.05. The van der Waals surface area contributed by atoms with E-state index in [2.05, 4.69) is 19.2 Å². The Labute approximate surface area is 116 Å². The summed E-state index contributed by atoms with van der Waals surface area (Å²) in [6.07, 6.45) is 5.52. The average molecular weight is 268 g/mol. The fourth-order valence-corrected chi connectivity index (χ4v) is 4.26.